The van der Waals surface area contributed by atoms with Crippen molar-refractivity contribution < 1.29 is 4.79 Å². The molecule has 0 unspecified atom stereocenters. The van der Waals surface area contributed by atoms with Gasteiger partial charge in [0.15, 0.2) is 5.71 Å². The molecule has 2 rings (SSSR count). The molecule has 0 spiro atoms. The maximum absolute atomic E-state index is 11.0. The largest absolute Gasteiger partial charge is 0.277 e. The summed E-state index contributed by atoms with van der Waals surface area (Å²) in [5, 5.41) is 13.3. The van der Waals surface area contributed by atoms with Gasteiger partial charge < -0.3 is 0 Å². The molecule has 0 aromatic heterocycles. The third-order valence-corrected chi connectivity index (χ3v) is 3.49. The number of halogens is 1. The van der Waals surface area contributed by atoms with Gasteiger partial charge in [-0.3, -0.25) is 10.2 Å². The number of carbonyl (C=O) groups excluding carboxylic acids is 1. The lowest BCUT2D eigenvalue weighted by Gasteiger charge is -2.01. The Morgan fingerprint density at radius 2 is 2.22 bits per heavy atom. The second kappa shape index (κ2) is 5.80. The number of aliphatic imine (C=N–C) groups is 1. The number of amides is 1. The van der Waals surface area contributed by atoms with Crippen LogP contribution in [0.1, 0.15) is 0 Å². The molecule has 1 heterocycles. The van der Waals surface area contributed by atoms with Gasteiger partial charge in [-0.05, 0) is 24.3 Å². The molecule has 0 aliphatic carbocycles. The van der Waals surface area contributed by atoms with Gasteiger partial charge in [-0.25, -0.2) is 4.99 Å². The first-order chi connectivity index (χ1) is 8.69. The molecule has 7 heteroatoms. The smallest absolute Gasteiger partial charge is 0.257 e. The van der Waals surface area contributed by atoms with Gasteiger partial charge in [0.25, 0.3) is 5.91 Å². The monoisotopic (exact) mass is 322 g/mol. The Morgan fingerprint density at radius 3 is 2.78 bits per heavy atom. The number of hydrazone groups is 1. The summed E-state index contributed by atoms with van der Waals surface area (Å²) in [4.78, 5) is 14.7. The maximum atomic E-state index is 11.0. The third-order valence-electron chi connectivity index (χ3n) is 2.01. The minimum atomic E-state index is -0.235. The number of carbonyl (C=O) groups is 1. The molecular weight excluding hydrogens is 316 g/mol. The van der Waals surface area contributed by atoms with Crippen LogP contribution >= 0.6 is 27.7 Å². The molecule has 1 aliphatic rings. The number of thioether (sulfide) groups is 1. The number of anilines is 1. The van der Waals surface area contributed by atoms with Crippen molar-refractivity contribution in [2.24, 2.45) is 10.1 Å². The standard InChI is InChI=1S/C11H7BrN4OS/c12-7-1-3-8(4-2-7)15-16-9(5-13)11-14-10(17)6-18-11/h1-4,15H,6H2. The van der Waals surface area contributed by atoms with Crippen LogP contribution in [0.3, 0.4) is 0 Å². The Bertz CT molecular complexity index is 574. The fraction of sp³-hybridized carbons (Fsp3) is 0.0909. The fourth-order valence-electron chi connectivity index (χ4n) is 1.19. The number of nitriles is 1. The van der Waals surface area contributed by atoms with Crippen LogP contribution in [0.15, 0.2) is 38.8 Å². The van der Waals surface area contributed by atoms with Crippen molar-refractivity contribution in [3.8, 4) is 6.07 Å². The predicted molar refractivity (Wildman–Crippen MR) is 75.7 cm³/mol. The van der Waals surface area contributed by atoms with E-state index >= 15 is 0 Å². The first-order valence-electron chi connectivity index (χ1n) is 4.93. The Labute approximate surface area is 116 Å². The van der Waals surface area contributed by atoms with Crippen LogP contribution < -0.4 is 5.43 Å². The lowest BCUT2D eigenvalue weighted by Crippen LogP contribution is -2.08. The van der Waals surface area contributed by atoms with Crippen LogP contribution in [0.5, 0.6) is 0 Å². The molecule has 5 nitrogen and oxygen atoms in total. The maximum Gasteiger partial charge on any atom is 0.257 e. The summed E-state index contributed by atoms with van der Waals surface area (Å²) in [5.41, 5.74) is 3.62. The predicted octanol–water partition coefficient (Wildman–Crippen LogP) is 2.41. The van der Waals surface area contributed by atoms with Crippen molar-refractivity contribution in [2.75, 3.05) is 11.2 Å². The van der Waals surface area contributed by atoms with Crippen LogP contribution in [0.2, 0.25) is 0 Å². The zero-order chi connectivity index (χ0) is 13.0. The van der Waals surface area contributed by atoms with E-state index in [2.05, 4.69) is 31.4 Å². The highest BCUT2D eigenvalue weighted by atomic mass is 79.9. The minimum Gasteiger partial charge on any atom is -0.277 e. The summed E-state index contributed by atoms with van der Waals surface area (Å²) >= 11 is 4.54. The molecule has 0 bridgehead atoms. The normalized spacial score (nSPS) is 15.2. The first kappa shape index (κ1) is 12.8. The van der Waals surface area contributed by atoms with Crippen molar-refractivity contribution in [1.82, 2.24) is 0 Å². The average Bonchev–Trinajstić information content (AvgIpc) is 2.79. The van der Waals surface area contributed by atoms with Crippen LogP contribution in [0, 0.1) is 11.3 Å². The molecule has 0 saturated carbocycles. The lowest BCUT2D eigenvalue weighted by molar-refractivity contribution is -0.115. The molecule has 1 aliphatic heterocycles. The van der Waals surface area contributed by atoms with Crippen molar-refractivity contribution in [3.05, 3.63) is 28.7 Å². The highest BCUT2D eigenvalue weighted by Crippen LogP contribution is 2.16. The highest BCUT2D eigenvalue weighted by Gasteiger charge is 2.19. The zero-order valence-electron chi connectivity index (χ0n) is 9.05. The van der Waals surface area contributed by atoms with E-state index in [4.69, 9.17) is 5.26 Å². The summed E-state index contributed by atoms with van der Waals surface area (Å²) in [6.45, 7) is 0. The van der Waals surface area contributed by atoms with Gasteiger partial charge in [0, 0.05) is 4.47 Å². The first-order valence-corrected chi connectivity index (χ1v) is 6.71. The summed E-state index contributed by atoms with van der Waals surface area (Å²) < 4.78 is 0.957. The van der Waals surface area contributed by atoms with Gasteiger partial charge in [0.2, 0.25) is 0 Å². The van der Waals surface area contributed by atoms with Gasteiger partial charge in [0.1, 0.15) is 11.1 Å². The zero-order valence-corrected chi connectivity index (χ0v) is 11.5. The second-order valence-corrected chi connectivity index (χ2v) is 5.17. The molecule has 0 saturated heterocycles. The summed E-state index contributed by atoms with van der Waals surface area (Å²) in [6, 6.07) is 9.27. The molecule has 1 N–H and O–H groups in total. The Balaban J connectivity index is 2.12. The van der Waals surface area contributed by atoms with Gasteiger partial charge >= 0.3 is 0 Å². The highest BCUT2D eigenvalue weighted by molar-refractivity contribution is 9.10. The summed E-state index contributed by atoms with van der Waals surface area (Å²) in [7, 11) is 0. The van der Waals surface area contributed by atoms with E-state index < -0.39 is 0 Å². The molecular formula is C11H7BrN4OS. The summed E-state index contributed by atoms with van der Waals surface area (Å²) in [6.07, 6.45) is 0. The van der Waals surface area contributed by atoms with Crippen molar-refractivity contribution in [2.45, 2.75) is 0 Å². The van der Waals surface area contributed by atoms with Crippen LogP contribution in [0.4, 0.5) is 5.69 Å². The number of hydrogen-bond acceptors (Lipinski definition) is 5. The topological polar surface area (TPSA) is 77.6 Å². The Kier molecular flexibility index (Phi) is 4.12. The van der Waals surface area contributed by atoms with E-state index in [9.17, 15) is 4.79 Å². The van der Waals surface area contributed by atoms with E-state index in [1.54, 1.807) is 0 Å². The van der Waals surface area contributed by atoms with E-state index in [1.165, 1.54) is 11.8 Å². The lowest BCUT2D eigenvalue weighted by atomic mass is 10.3. The molecule has 18 heavy (non-hydrogen) atoms. The Hall–Kier alpha value is -1.65. The quantitative estimate of drug-likeness (QED) is 0.684. The molecule has 0 fully saturated rings. The van der Waals surface area contributed by atoms with Gasteiger partial charge in [-0.15, -0.1) is 0 Å². The summed E-state index contributed by atoms with van der Waals surface area (Å²) in [5.74, 6) is 0.0375. The van der Waals surface area contributed by atoms with Crippen molar-refractivity contribution >= 4 is 50.0 Å². The number of nitrogens with zero attached hydrogens (tertiary/aromatic N) is 3. The fourth-order valence-corrected chi connectivity index (χ4v) is 2.18. The van der Waals surface area contributed by atoms with Crippen molar-refractivity contribution in [3.63, 3.8) is 0 Å². The number of benzene rings is 1. The molecule has 0 radical (unpaired) electrons. The molecule has 90 valence electrons. The van der Waals surface area contributed by atoms with E-state index in [1.807, 2.05) is 30.3 Å². The molecule has 1 amide bonds. The third kappa shape index (κ3) is 3.18. The molecule has 1 aromatic carbocycles. The van der Waals surface area contributed by atoms with Gasteiger partial charge in [0.05, 0.1) is 11.4 Å². The molecule has 0 atom stereocenters. The Morgan fingerprint density at radius 1 is 1.50 bits per heavy atom. The van der Waals surface area contributed by atoms with E-state index in [0.717, 1.165) is 10.2 Å². The van der Waals surface area contributed by atoms with Crippen molar-refractivity contribution in [1.29, 1.82) is 5.26 Å². The van der Waals surface area contributed by atoms with Gasteiger partial charge in [-0.2, -0.15) is 10.4 Å². The van der Waals surface area contributed by atoms with E-state index in [-0.39, 0.29) is 17.4 Å². The molecule has 1 aromatic rings. The van der Waals surface area contributed by atoms with Gasteiger partial charge in [-0.1, -0.05) is 27.7 Å². The van der Waals surface area contributed by atoms with Crippen LogP contribution in [0.25, 0.3) is 0 Å². The second-order valence-electron chi connectivity index (χ2n) is 3.29. The number of nitrogens with one attached hydrogen (secondary N) is 1. The van der Waals surface area contributed by atoms with Crippen LogP contribution in [-0.4, -0.2) is 22.4 Å². The van der Waals surface area contributed by atoms with E-state index in [0.29, 0.717) is 5.04 Å². The average molecular weight is 323 g/mol. The van der Waals surface area contributed by atoms with Crippen LogP contribution in [-0.2, 0) is 4.79 Å². The SMILES string of the molecule is N#CC(=NNc1ccc(Br)cc1)C1=NC(=O)CS1. The minimum absolute atomic E-state index is 0.119. The number of hydrogen-bond donors (Lipinski definition) is 1. The number of rotatable bonds is 3.